The van der Waals surface area contributed by atoms with Gasteiger partial charge in [0, 0.05) is 18.8 Å². The molecular weight excluding hydrogens is 488 g/mol. The molecule has 4 saturated carbocycles. The summed E-state index contributed by atoms with van der Waals surface area (Å²) in [6.45, 7) is 24.4. The van der Waals surface area contributed by atoms with Gasteiger partial charge in [0.15, 0.2) is 0 Å². The lowest BCUT2D eigenvalue weighted by Gasteiger charge is -2.75. The van der Waals surface area contributed by atoms with Gasteiger partial charge < -0.3 is 14.6 Å². The van der Waals surface area contributed by atoms with E-state index in [-0.39, 0.29) is 68.5 Å². The average Bonchev–Trinajstić information content (AvgIpc) is 3.24. The van der Waals surface area contributed by atoms with E-state index in [2.05, 4.69) is 62.3 Å². The molecule has 5 fully saturated rings. The molecular formula is C34H56O5. The predicted molar refractivity (Wildman–Crippen MR) is 153 cm³/mol. The summed E-state index contributed by atoms with van der Waals surface area (Å²) < 4.78 is 12.4. The zero-order valence-corrected chi connectivity index (χ0v) is 26.7. The van der Waals surface area contributed by atoms with Crippen LogP contribution in [0.4, 0.5) is 0 Å². The third-order valence-electron chi connectivity index (χ3n) is 14.9. The molecule has 1 aliphatic heterocycles. The number of esters is 1. The molecule has 0 aromatic heterocycles. The van der Waals surface area contributed by atoms with E-state index >= 15 is 0 Å². The number of aliphatic hydroxyl groups is 1. The number of ether oxygens (including phenoxy) is 2. The summed E-state index contributed by atoms with van der Waals surface area (Å²) in [6.07, 6.45) is 7.12. The Morgan fingerprint density at radius 1 is 0.949 bits per heavy atom. The van der Waals surface area contributed by atoms with Gasteiger partial charge in [-0.25, -0.2) is 0 Å². The Kier molecular flexibility index (Phi) is 6.48. The number of carbonyl (C=O) groups excluding carboxylic acids is 2. The van der Waals surface area contributed by atoms with Crippen LogP contribution in [0.5, 0.6) is 0 Å². The van der Waals surface area contributed by atoms with Gasteiger partial charge in [-0.15, -0.1) is 0 Å². The van der Waals surface area contributed by atoms with Crippen LogP contribution in [0.2, 0.25) is 0 Å². The number of ketones is 1. The van der Waals surface area contributed by atoms with Gasteiger partial charge in [-0.1, -0.05) is 48.5 Å². The molecule has 5 rings (SSSR count). The van der Waals surface area contributed by atoms with Gasteiger partial charge in [0.05, 0.1) is 23.2 Å². The Bertz CT molecular complexity index is 1040. The number of fused-ring (bicyclic) bond motifs is 5. The maximum Gasteiger partial charge on any atom is 0.302 e. The van der Waals surface area contributed by atoms with Crippen LogP contribution in [0, 0.1) is 50.7 Å². The zero-order chi connectivity index (χ0) is 29.2. The Hall–Kier alpha value is -0.940. The molecule has 0 amide bonds. The largest absolute Gasteiger partial charge is 0.462 e. The first kappa shape index (κ1) is 29.5. The van der Waals surface area contributed by atoms with Crippen LogP contribution >= 0.6 is 0 Å². The van der Waals surface area contributed by atoms with Gasteiger partial charge in [0.2, 0.25) is 0 Å². The Morgan fingerprint density at radius 2 is 1.54 bits per heavy atom. The summed E-state index contributed by atoms with van der Waals surface area (Å²) >= 11 is 0. The van der Waals surface area contributed by atoms with Crippen molar-refractivity contribution in [3.63, 3.8) is 0 Å². The van der Waals surface area contributed by atoms with Crippen molar-refractivity contribution in [2.24, 2.45) is 50.7 Å². The number of Topliss-reactive ketones (excluding diaryl/α,β-unsaturated/α-hetero) is 1. The lowest BCUT2D eigenvalue weighted by Crippen LogP contribution is -2.69. The summed E-state index contributed by atoms with van der Waals surface area (Å²) in [6, 6.07) is 0. The topological polar surface area (TPSA) is 72.8 Å². The highest BCUT2D eigenvalue weighted by Gasteiger charge is 2.76. The van der Waals surface area contributed by atoms with Crippen LogP contribution in [0.3, 0.4) is 0 Å². The zero-order valence-electron chi connectivity index (χ0n) is 26.7. The normalized spacial score (nSPS) is 51.8. The molecule has 39 heavy (non-hydrogen) atoms. The summed E-state index contributed by atoms with van der Waals surface area (Å²) in [5.41, 5.74) is -1.61. The van der Waals surface area contributed by atoms with Crippen molar-refractivity contribution in [1.29, 1.82) is 0 Å². The summed E-state index contributed by atoms with van der Waals surface area (Å²) in [5, 5.41) is 12.2. The number of hydrogen-bond acceptors (Lipinski definition) is 5. The fraction of sp³-hybridized carbons (Fsp3) is 0.941. The predicted octanol–water partition coefficient (Wildman–Crippen LogP) is 7.13. The van der Waals surface area contributed by atoms with E-state index in [4.69, 9.17) is 9.47 Å². The monoisotopic (exact) mass is 544 g/mol. The Morgan fingerprint density at radius 3 is 2.10 bits per heavy atom. The van der Waals surface area contributed by atoms with E-state index in [1.165, 1.54) is 6.92 Å². The first-order valence-electron chi connectivity index (χ1n) is 15.8. The van der Waals surface area contributed by atoms with Crippen molar-refractivity contribution in [2.45, 2.75) is 151 Å². The van der Waals surface area contributed by atoms with Crippen LogP contribution in [0.25, 0.3) is 0 Å². The molecule has 0 bridgehead atoms. The fourth-order valence-electron chi connectivity index (χ4n) is 11.8. The highest BCUT2D eigenvalue weighted by atomic mass is 16.5. The molecule has 1 saturated heterocycles. The van der Waals surface area contributed by atoms with Crippen molar-refractivity contribution in [1.82, 2.24) is 0 Å². The molecule has 5 nitrogen and oxygen atoms in total. The maximum absolute atomic E-state index is 14.1. The molecule has 1 N–H and O–H groups in total. The second-order valence-corrected chi connectivity index (χ2v) is 16.9. The average molecular weight is 545 g/mol. The first-order chi connectivity index (χ1) is 17.7. The van der Waals surface area contributed by atoms with Gasteiger partial charge in [-0.2, -0.15) is 0 Å². The van der Waals surface area contributed by atoms with E-state index < -0.39 is 5.60 Å². The second kappa shape index (κ2) is 8.55. The lowest BCUT2D eigenvalue weighted by atomic mass is 9.30. The molecule has 11 unspecified atom stereocenters. The molecule has 1 heterocycles. The highest BCUT2D eigenvalue weighted by Crippen LogP contribution is 2.80. The van der Waals surface area contributed by atoms with Crippen LogP contribution in [0.1, 0.15) is 128 Å². The van der Waals surface area contributed by atoms with Crippen LogP contribution < -0.4 is 0 Å². The second-order valence-electron chi connectivity index (χ2n) is 16.9. The minimum Gasteiger partial charge on any atom is -0.462 e. The maximum atomic E-state index is 14.1. The van der Waals surface area contributed by atoms with Crippen molar-refractivity contribution < 1.29 is 24.2 Å². The standard InChI is InChI=1S/C34H56O5/c1-20-18-26(39-29(20,5)6)34(11,37)27-22-12-16-32(9)30(7)15-14-25(38-21(2)35)28(3,4)24(30)13-17-33(32,10)31(22,8)19-23(27)36/h20,22,24-27,37H,12-19H2,1-11H3. The molecule has 4 aliphatic carbocycles. The van der Waals surface area contributed by atoms with Gasteiger partial charge in [-0.05, 0) is 105 Å². The third kappa shape index (κ3) is 3.63. The van der Waals surface area contributed by atoms with Crippen molar-refractivity contribution in [2.75, 3.05) is 0 Å². The summed E-state index contributed by atoms with van der Waals surface area (Å²) in [5.74, 6) is 0.633. The van der Waals surface area contributed by atoms with Gasteiger partial charge in [-0.3, -0.25) is 9.59 Å². The van der Waals surface area contributed by atoms with E-state index in [1.54, 1.807) is 0 Å². The molecule has 5 heteroatoms. The Balaban J connectivity index is 1.50. The van der Waals surface area contributed by atoms with Gasteiger partial charge in [0.25, 0.3) is 0 Å². The highest BCUT2D eigenvalue weighted by molar-refractivity contribution is 5.86. The minimum atomic E-state index is -1.17. The summed E-state index contributed by atoms with van der Waals surface area (Å²) in [4.78, 5) is 26.0. The van der Waals surface area contributed by atoms with E-state index in [0.29, 0.717) is 18.3 Å². The third-order valence-corrected chi connectivity index (χ3v) is 14.9. The quantitative estimate of drug-likeness (QED) is 0.383. The van der Waals surface area contributed by atoms with Crippen molar-refractivity contribution >= 4 is 11.8 Å². The van der Waals surface area contributed by atoms with Crippen LogP contribution in [-0.2, 0) is 19.1 Å². The molecule has 222 valence electrons. The fourth-order valence-corrected chi connectivity index (χ4v) is 11.8. The molecule has 11 atom stereocenters. The molecule has 0 aromatic carbocycles. The molecule has 5 aliphatic rings. The molecule has 0 radical (unpaired) electrons. The Labute approximate surface area is 237 Å². The van der Waals surface area contributed by atoms with Crippen molar-refractivity contribution in [3.05, 3.63) is 0 Å². The van der Waals surface area contributed by atoms with Gasteiger partial charge in [0.1, 0.15) is 11.9 Å². The smallest absolute Gasteiger partial charge is 0.302 e. The molecule has 0 aromatic rings. The van der Waals surface area contributed by atoms with Crippen LogP contribution in [0.15, 0.2) is 0 Å². The minimum absolute atomic E-state index is 0.0257. The van der Waals surface area contributed by atoms with E-state index in [1.807, 2.05) is 6.92 Å². The number of carbonyl (C=O) groups is 2. The number of hydrogen-bond donors (Lipinski definition) is 1. The van der Waals surface area contributed by atoms with Crippen LogP contribution in [-0.4, -0.2) is 40.3 Å². The van der Waals surface area contributed by atoms with Gasteiger partial charge >= 0.3 is 5.97 Å². The SMILES string of the molecule is CC(=O)OC1CCC2(C)C(CCC3(C)C4(C)CC(=O)C(C(C)(O)C5CC(C)C(C)(C)O5)C4CCC23C)C1(C)C. The first-order valence-corrected chi connectivity index (χ1v) is 15.8. The summed E-state index contributed by atoms with van der Waals surface area (Å²) in [7, 11) is 0. The number of rotatable bonds is 3. The lowest BCUT2D eigenvalue weighted by molar-refractivity contribution is -0.276. The van der Waals surface area contributed by atoms with E-state index in [0.717, 1.165) is 44.9 Å². The molecule has 0 spiro atoms. The van der Waals surface area contributed by atoms with Crippen molar-refractivity contribution in [3.8, 4) is 0 Å². The van der Waals surface area contributed by atoms with E-state index in [9.17, 15) is 14.7 Å².